The molecule has 1 aliphatic rings. The standard InChI is InChI=1S/C29H33ClN2O8S2/c1-29(2)15-22(11-12-32(29)42(35,36)17-18-7-5-9-20(31)13-18)40-21-10-6-8-19(14-21)26-24(30)25(39-16-23(33)37-3)27(41-26)28(34)38-4/h5-10,13-14,22H,11-12,15-17,31H2,1-4H3/t22-/m1/s1. The Morgan fingerprint density at radius 2 is 1.86 bits per heavy atom. The molecule has 0 spiro atoms. The SMILES string of the molecule is COC(=O)COc1c(C(=O)OC)sc(-c2cccc(O[C@@H]3CCN(S(=O)(=O)Cc4cccc(N)c4)C(C)(C)C3)c2)c1Cl. The van der Waals surface area contributed by atoms with E-state index < -0.39 is 34.1 Å². The topological polar surface area (TPSA) is 134 Å². The van der Waals surface area contributed by atoms with Gasteiger partial charge in [-0.05, 0) is 55.7 Å². The Bertz CT molecular complexity index is 1570. The number of halogens is 1. The number of ether oxygens (including phenoxy) is 4. The van der Waals surface area contributed by atoms with Gasteiger partial charge in [0.2, 0.25) is 10.0 Å². The predicted octanol–water partition coefficient (Wildman–Crippen LogP) is 5.14. The molecule has 0 unspecified atom stereocenters. The molecule has 0 aliphatic carbocycles. The third kappa shape index (κ3) is 7.17. The number of nitrogens with zero attached hydrogens (tertiary/aromatic N) is 1. The maximum Gasteiger partial charge on any atom is 0.351 e. The van der Waals surface area contributed by atoms with E-state index >= 15 is 0 Å². The zero-order chi connectivity index (χ0) is 30.7. The highest BCUT2D eigenvalue weighted by Crippen LogP contribution is 2.46. The maximum absolute atomic E-state index is 13.3. The summed E-state index contributed by atoms with van der Waals surface area (Å²) in [7, 11) is -1.13. The molecule has 1 fully saturated rings. The van der Waals surface area contributed by atoms with E-state index in [0.29, 0.717) is 46.8 Å². The molecule has 42 heavy (non-hydrogen) atoms. The number of hydrogen-bond acceptors (Lipinski definition) is 10. The van der Waals surface area contributed by atoms with Crippen LogP contribution in [0.5, 0.6) is 11.5 Å². The Hall–Kier alpha value is -3.32. The van der Waals surface area contributed by atoms with Crippen LogP contribution in [0.25, 0.3) is 10.4 Å². The van der Waals surface area contributed by atoms with Gasteiger partial charge < -0.3 is 24.7 Å². The highest BCUT2D eigenvalue weighted by molar-refractivity contribution is 7.88. The minimum Gasteiger partial charge on any atom is -0.490 e. The number of piperidine rings is 1. The van der Waals surface area contributed by atoms with Crippen LogP contribution in [-0.2, 0) is 30.0 Å². The lowest BCUT2D eigenvalue weighted by Gasteiger charge is -2.44. The number of nitrogen functional groups attached to an aromatic ring is 1. The lowest BCUT2D eigenvalue weighted by molar-refractivity contribution is -0.142. The normalized spacial score (nSPS) is 16.9. The van der Waals surface area contributed by atoms with E-state index in [9.17, 15) is 18.0 Å². The molecule has 13 heteroatoms. The first-order valence-electron chi connectivity index (χ1n) is 13.1. The fourth-order valence-corrected chi connectivity index (χ4v) is 8.39. The molecular formula is C29H33ClN2O8S2. The van der Waals surface area contributed by atoms with Crippen LogP contribution in [0, 0.1) is 0 Å². The summed E-state index contributed by atoms with van der Waals surface area (Å²) in [6, 6.07) is 14.1. The summed E-state index contributed by atoms with van der Waals surface area (Å²) in [5.41, 5.74) is 6.99. The van der Waals surface area contributed by atoms with Gasteiger partial charge in [-0.15, -0.1) is 11.3 Å². The molecule has 1 atom stereocenters. The molecule has 2 aromatic carbocycles. The smallest absolute Gasteiger partial charge is 0.351 e. The zero-order valence-corrected chi connectivity index (χ0v) is 26.1. The van der Waals surface area contributed by atoms with Crippen LogP contribution >= 0.6 is 22.9 Å². The number of sulfonamides is 1. The Labute approximate surface area is 254 Å². The first kappa shape index (κ1) is 31.6. The van der Waals surface area contributed by atoms with Crippen molar-refractivity contribution in [3.8, 4) is 21.9 Å². The van der Waals surface area contributed by atoms with Crippen molar-refractivity contribution in [1.82, 2.24) is 4.31 Å². The van der Waals surface area contributed by atoms with Crippen molar-refractivity contribution in [3.63, 3.8) is 0 Å². The predicted molar refractivity (Wildman–Crippen MR) is 162 cm³/mol. The molecule has 2 N–H and O–H groups in total. The first-order valence-corrected chi connectivity index (χ1v) is 15.9. The van der Waals surface area contributed by atoms with Gasteiger partial charge >= 0.3 is 11.9 Å². The van der Waals surface area contributed by atoms with Crippen molar-refractivity contribution in [3.05, 3.63) is 64.0 Å². The van der Waals surface area contributed by atoms with Gasteiger partial charge in [-0.2, -0.15) is 4.31 Å². The quantitative estimate of drug-likeness (QED) is 0.237. The summed E-state index contributed by atoms with van der Waals surface area (Å²) in [4.78, 5) is 24.7. The summed E-state index contributed by atoms with van der Waals surface area (Å²) in [5, 5.41) is 0.154. The van der Waals surface area contributed by atoms with Crippen LogP contribution in [0.4, 0.5) is 5.69 Å². The summed E-state index contributed by atoms with van der Waals surface area (Å²) >= 11 is 7.68. The van der Waals surface area contributed by atoms with Crippen molar-refractivity contribution < 1.29 is 37.0 Å². The molecule has 226 valence electrons. The number of esters is 2. The summed E-state index contributed by atoms with van der Waals surface area (Å²) in [6.45, 7) is 3.67. The first-order chi connectivity index (χ1) is 19.8. The van der Waals surface area contributed by atoms with E-state index in [1.54, 1.807) is 46.8 Å². The van der Waals surface area contributed by atoms with E-state index in [1.807, 2.05) is 19.9 Å². The van der Waals surface area contributed by atoms with Gasteiger partial charge in [-0.1, -0.05) is 35.9 Å². The van der Waals surface area contributed by atoms with Crippen LogP contribution < -0.4 is 15.2 Å². The number of thiophene rings is 1. The number of benzene rings is 2. The van der Waals surface area contributed by atoms with Crippen molar-refractivity contribution in [2.24, 2.45) is 0 Å². The molecule has 10 nitrogen and oxygen atoms in total. The van der Waals surface area contributed by atoms with Crippen LogP contribution in [0.1, 0.15) is 41.9 Å². The molecule has 3 aromatic rings. The van der Waals surface area contributed by atoms with E-state index in [4.69, 9.17) is 31.5 Å². The fourth-order valence-electron chi connectivity index (χ4n) is 4.94. The molecule has 2 heterocycles. The second-order valence-corrected chi connectivity index (χ2v) is 13.7. The molecule has 1 aliphatic heterocycles. The van der Waals surface area contributed by atoms with Gasteiger partial charge in [0.15, 0.2) is 17.2 Å². The number of anilines is 1. The number of rotatable bonds is 10. The van der Waals surface area contributed by atoms with E-state index in [2.05, 4.69) is 4.74 Å². The van der Waals surface area contributed by atoms with Crippen molar-refractivity contribution in [2.45, 2.75) is 44.1 Å². The van der Waals surface area contributed by atoms with Crippen LogP contribution in [0.15, 0.2) is 48.5 Å². The highest BCUT2D eigenvalue weighted by Gasteiger charge is 2.42. The fraction of sp³-hybridized carbons (Fsp3) is 0.379. The molecule has 1 saturated heterocycles. The van der Waals surface area contributed by atoms with E-state index in [1.165, 1.54) is 14.2 Å². The van der Waals surface area contributed by atoms with Crippen molar-refractivity contribution in [2.75, 3.05) is 33.1 Å². The third-order valence-electron chi connectivity index (χ3n) is 6.83. The van der Waals surface area contributed by atoms with Gasteiger partial charge in [0, 0.05) is 24.2 Å². The van der Waals surface area contributed by atoms with Gasteiger partial charge in [-0.25, -0.2) is 18.0 Å². The number of hydrogen-bond donors (Lipinski definition) is 1. The van der Waals surface area contributed by atoms with Gasteiger partial charge in [0.25, 0.3) is 0 Å². The highest BCUT2D eigenvalue weighted by atomic mass is 35.5. The van der Waals surface area contributed by atoms with E-state index in [0.717, 1.165) is 11.3 Å². The van der Waals surface area contributed by atoms with Crippen molar-refractivity contribution >= 4 is 50.6 Å². The summed E-state index contributed by atoms with van der Waals surface area (Å²) in [5.74, 6) is -0.814. The van der Waals surface area contributed by atoms with Gasteiger partial charge in [0.1, 0.15) is 16.9 Å². The summed E-state index contributed by atoms with van der Waals surface area (Å²) < 4.78 is 49.6. The molecular weight excluding hydrogens is 604 g/mol. The molecule has 0 saturated carbocycles. The third-order valence-corrected chi connectivity index (χ3v) is 10.6. The minimum absolute atomic E-state index is 0.0359. The minimum atomic E-state index is -3.60. The number of methoxy groups -OCH3 is 2. The van der Waals surface area contributed by atoms with Crippen LogP contribution in [0.3, 0.4) is 0 Å². The van der Waals surface area contributed by atoms with Gasteiger partial charge in [0.05, 0.1) is 24.8 Å². The Morgan fingerprint density at radius 3 is 2.52 bits per heavy atom. The molecule has 4 rings (SSSR count). The Morgan fingerprint density at radius 1 is 1.12 bits per heavy atom. The maximum atomic E-state index is 13.3. The Balaban J connectivity index is 1.51. The molecule has 1 aromatic heterocycles. The average Bonchev–Trinajstić information content (AvgIpc) is 3.26. The largest absolute Gasteiger partial charge is 0.490 e. The number of nitrogens with two attached hydrogens (primary N) is 1. The average molecular weight is 637 g/mol. The second-order valence-electron chi connectivity index (χ2n) is 10.4. The molecule has 0 bridgehead atoms. The van der Waals surface area contributed by atoms with E-state index in [-0.39, 0.29) is 27.5 Å². The van der Waals surface area contributed by atoms with Crippen LogP contribution in [-0.4, -0.2) is 63.7 Å². The van der Waals surface area contributed by atoms with Crippen LogP contribution in [0.2, 0.25) is 5.02 Å². The number of carbonyl (C=O) groups is 2. The lowest BCUT2D eigenvalue weighted by atomic mass is 9.91. The molecule has 0 radical (unpaired) electrons. The lowest BCUT2D eigenvalue weighted by Crippen LogP contribution is -2.55. The zero-order valence-electron chi connectivity index (χ0n) is 23.7. The number of carbonyl (C=O) groups excluding carboxylic acids is 2. The Kier molecular flexibility index (Phi) is 9.71. The van der Waals surface area contributed by atoms with Gasteiger partial charge in [-0.3, -0.25) is 0 Å². The van der Waals surface area contributed by atoms with Crippen molar-refractivity contribution in [1.29, 1.82) is 0 Å². The molecule has 0 amide bonds. The summed E-state index contributed by atoms with van der Waals surface area (Å²) in [6.07, 6.45) is 0.740. The second kappa shape index (κ2) is 12.9. The monoisotopic (exact) mass is 636 g/mol.